The van der Waals surface area contributed by atoms with E-state index in [1.807, 2.05) is 41.3 Å². The van der Waals surface area contributed by atoms with E-state index in [2.05, 4.69) is 20.5 Å². The summed E-state index contributed by atoms with van der Waals surface area (Å²) in [6.45, 7) is 2.79. The van der Waals surface area contributed by atoms with Crippen LogP contribution in [0.3, 0.4) is 0 Å². The molecule has 1 fully saturated rings. The SMILES string of the molecule is O=C(NCC1CCN(c2nc3ccccc3o2)CC1)C(=O)Nc1cc2c3c(c1)CCC(=O)N3CCC2. The van der Waals surface area contributed by atoms with Gasteiger partial charge in [0.05, 0.1) is 5.69 Å². The Kier molecular flexibility index (Phi) is 5.83. The second kappa shape index (κ2) is 9.29. The molecule has 0 atom stereocenters. The lowest BCUT2D eigenvalue weighted by atomic mass is 9.91. The van der Waals surface area contributed by atoms with E-state index < -0.39 is 11.8 Å². The smallest absolute Gasteiger partial charge is 0.313 e. The average Bonchev–Trinajstić information content (AvgIpc) is 3.34. The molecule has 3 aromatic rings. The van der Waals surface area contributed by atoms with Gasteiger partial charge in [-0.05, 0) is 73.4 Å². The monoisotopic (exact) mass is 487 g/mol. The van der Waals surface area contributed by atoms with Gasteiger partial charge in [0.15, 0.2) is 5.58 Å². The van der Waals surface area contributed by atoms with Crippen LogP contribution in [0.15, 0.2) is 40.8 Å². The molecule has 6 rings (SSSR count). The van der Waals surface area contributed by atoms with Crippen molar-refractivity contribution in [2.24, 2.45) is 5.92 Å². The fourth-order valence-electron chi connectivity index (χ4n) is 5.55. The zero-order valence-corrected chi connectivity index (χ0v) is 20.1. The summed E-state index contributed by atoms with van der Waals surface area (Å²) in [5.74, 6) is -0.830. The summed E-state index contributed by atoms with van der Waals surface area (Å²) in [7, 11) is 0. The lowest BCUT2D eigenvalue weighted by Gasteiger charge is -2.35. The number of aryl methyl sites for hydroxylation is 2. The Balaban J connectivity index is 1.02. The first-order valence-corrected chi connectivity index (χ1v) is 12.7. The number of hydrogen-bond donors (Lipinski definition) is 2. The molecule has 3 aliphatic heterocycles. The predicted octanol–water partition coefficient (Wildman–Crippen LogP) is 3.02. The Hall–Kier alpha value is -3.88. The van der Waals surface area contributed by atoms with Crippen molar-refractivity contribution < 1.29 is 18.8 Å². The number of carbonyl (C=O) groups excluding carboxylic acids is 3. The van der Waals surface area contributed by atoms with Gasteiger partial charge in [-0.2, -0.15) is 4.98 Å². The molecule has 1 aromatic heterocycles. The summed E-state index contributed by atoms with van der Waals surface area (Å²) in [6, 6.07) is 12.2. The topological polar surface area (TPSA) is 108 Å². The van der Waals surface area contributed by atoms with Crippen molar-refractivity contribution in [2.45, 2.75) is 38.5 Å². The fourth-order valence-corrected chi connectivity index (χ4v) is 5.55. The average molecular weight is 488 g/mol. The Labute approximate surface area is 208 Å². The van der Waals surface area contributed by atoms with Gasteiger partial charge in [-0.15, -0.1) is 0 Å². The number of rotatable bonds is 4. The van der Waals surface area contributed by atoms with Crippen LogP contribution in [0.1, 0.15) is 36.8 Å². The number of benzene rings is 2. The van der Waals surface area contributed by atoms with Gasteiger partial charge in [-0.1, -0.05) is 12.1 Å². The molecule has 0 bridgehead atoms. The van der Waals surface area contributed by atoms with Crippen molar-refractivity contribution in [1.82, 2.24) is 10.3 Å². The highest BCUT2D eigenvalue weighted by molar-refractivity contribution is 6.39. The first-order valence-electron chi connectivity index (χ1n) is 12.7. The third-order valence-electron chi connectivity index (χ3n) is 7.46. The second-order valence-electron chi connectivity index (χ2n) is 9.85. The van der Waals surface area contributed by atoms with E-state index in [4.69, 9.17) is 4.42 Å². The molecule has 0 aliphatic carbocycles. The molecule has 3 aliphatic rings. The van der Waals surface area contributed by atoms with E-state index in [0.717, 1.165) is 73.2 Å². The van der Waals surface area contributed by atoms with Crippen molar-refractivity contribution in [3.05, 3.63) is 47.5 Å². The molecule has 1 saturated heterocycles. The highest BCUT2D eigenvalue weighted by Gasteiger charge is 2.30. The lowest BCUT2D eigenvalue weighted by molar-refractivity contribution is -0.136. The number of nitrogens with one attached hydrogen (secondary N) is 2. The van der Waals surface area contributed by atoms with Crippen molar-refractivity contribution in [2.75, 3.05) is 41.3 Å². The minimum atomic E-state index is -0.661. The van der Waals surface area contributed by atoms with Gasteiger partial charge in [-0.3, -0.25) is 14.4 Å². The molecule has 36 heavy (non-hydrogen) atoms. The summed E-state index contributed by atoms with van der Waals surface area (Å²) in [4.78, 5) is 45.9. The first kappa shape index (κ1) is 22.6. The van der Waals surface area contributed by atoms with E-state index in [1.54, 1.807) is 0 Å². The highest BCUT2D eigenvalue weighted by Crippen LogP contribution is 2.37. The quantitative estimate of drug-likeness (QED) is 0.548. The summed E-state index contributed by atoms with van der Waals surface area (Å²) >= 11 is 0. The molecule has 9 nitrogen and oxygen atoms in total. The fraction of sp³-hybridized carbons (Fsp3) is 0.407. The Morgan fingerprint density at radius 3 is 2.58 bits per heavy atom. The van der Waals surface area contributed by atoms with E-state index in [9.17, 15) is 14.4 Å². The van der Waals surface area contributed by atoms with Crippen molar-refractivity contribution in [3.8, 4) is 0 Å². The number of fused-ring (bicyclic) bond motifs is 1. The predicted molar refractivity (Wildman–Crippen MR) is 136 cm³/mol. The van der Waals surface area contributed by atoms with Gasteiger partial charge in [0.25, 0.3) is 6.01 Å². The summed E-state index contributed by atoms with van der Waals surface area (Å²) < 4.78 is 5.87. The Morgan fingerprint density at radius 2 is 1.78 bits per heavy atom. The maximum atomic E-state index is 12.6. The number of nitrogens with zero attached hydrogens (tertiary/aromatic N) is 3. The molecule has 0 saturated carbocycles. The third-order valence-corrected chi connectivity index (χ3v) is 7.46. The maximum Gasteiger partial charge on any atom is 0.313 e. The van der Waals surface area contributed by atoms with E-state index >= 15 is 0 Å². The maximum absolute atomic E-state index is 12.6. The third kappa shape index (κ3) is 4.29. The number of oxazole rings is 1. The van der Waals surface area contributed by atoms with Crippen LogP contribution >= 0.6 is 0 Å². The largest absolute Gasteiger partial charge is 0.423 e. The van der Waals surface area contributed by atoms with Gasteiger partial charge in [0, 0.05) is 38.3 Å². The van der Waals surface area contributed by atoms with Crippen LogP contribution in [-0.4, -0.2) is 48.9 Å². The molecule has 0 spiro atoms. The number of hydrogen-bond acceptors (Lipinski definition) is 6. The summed E-state index contributed by atoms with van der Waals surface area (Å²) in [6.07, 6.45) is 4.67. The number of para-hydroxylation sites is 2. The molecular formula is C27H29N5O4. The first-order chi connectivity index (χ1) is 17.5. The molecule has 4 heterocycles. The van der Waals surface area contributed by atoms with Gasteiger partial charge in [-0.25, -0.2) is 0 Å². The van der Waals surface area contributed by atoms with Gasteiger partial charge in [0.1, 0.15) is 5.52 Å². The molecule has 0 unspecified atom stereocenters. The van der Waals surface area contributed by atoms with Gasteiger partial charge in [0.2, 0.25) is 5.91 Å². The zero-order chi connectivity index (χ0) is 24.6. The number of amides is 3. The minimum Gasteiger partial charge on any atom is -0.423 e. The van der Waals surface area contributed by atoms with Crippen LogP contribution in [0.2, 0.25) is 0 Å². The lowest BCUT2D eigenvalue weighted by Crippen LogP contribution is -2.42. The molecule has 2 aromatic carbocycles. The molecule has 3 amide bonds. The van der Waals surface area contributed by atoms with Crippen LogP contribution in [0, 0.1) is 5.92 Å². The van der Waals surface area contributed by atoms with Crippen LogP contribution in [0.5, 0.6) is 0 Å². The van der Waals surface area contributed by atoms with E-state index in [0.29, 0.717) is 37.0 Å². The number of carbonyl (C=O) groups is 3. The molecular weight excluding hydrogens is 458 g/mol. The standard InChI is InChI=1S/C27H29N5O4/c33-23-8-7-19-15-20(14-18-4-3-11-32(23)24(18)19)29-26(35)25(34)28-16-17-9-12-31(13-10-17)27-30-21-5-1-2-6-22(21)36-27/h1-2,5-6,14-15,17H,3-4,7-13,16H2,(H,28,34)(H,29,35). The normalized spacial score (nSPS) is 17.7. The Morgan fingerprint density at radius 1 is 1.00 bits per heavy atom. The number of aromatic nitrogens is 1. The van der Waals surface area contributed by atoms with Crippen molar-refractivity contribution in [1.29, 1.82) is 0 Å². The van der Waals surface area contributed by atoms with Crippen LogP contribution in [-0.2, 0) is 27.2 Å². The van der Waals surface area contributed by atoms with Crippen LogP contribution < -0.4 is 20.4 Å². The molecule has 186 valence electrons. The van der Waals surface area contributed by atoms with Crippen LogP contribution in [0.25, 0.3) is 11.1 Å². The van der Waals surface area contributed by atoms with E-state index in [-0.39, 0.29) is 5.91 Å². The number of anilines is 3. The molecule has 2 N–H and O–H groups in total. The summed E-state index contributed by atoms with van der Waals surface area (Å²) in [5.41, 5.74) is 5.38. The molecule has 0 radical (unpaired) electrons. The summed E-state index contributed by atoms with van der Waals surface area (Å²) in [5, 5.41) is 5.56. The van der Waals surface area contributed by atoms with Crippen molar-refractivity contribution >= 4 is 46.2 Å². The Bertz CT molecular complexity index is 1290. The highest BCUT2D eigenvalue weighted by atomic mass is 16.4. The minimum absolute atomic E-state index is 0.166. The zero-order valence-electron chi connectivity index (χ0n) is 20.1. The van der Waals surface area contributed by atoms with E-state index in [1.165, 1.54) is 0 Å². The molecule has 9 heteroatoms. The van der Waals surface area contributed by atoms with Crippen molar-refractivity contribution in [3.63, 3.8) is 0 Å². The number of piperidine rings is 1. The second-order valence-corrected chi connectivity index (χ2v) is 9.85. The van der Waals surface area contributed by atoms with Gasteiger partial charge >= 0.3 is 11.8 Å². The van der Waals surface area contributed by atoms with Gasteiger partial charge < -0.3 is 24.9 Å². The van der Waals surface area contributed by atoms with Crippen LogP contribution in [0.4, 0.5) is 17.4 Å².